The second kappa shape index (κ2) is 4.60. The van der Waals surface area contributed by atoms with Crippen molar-refractivity contribution in [1.29, 1.82) is 0 Å². The molecule has 0 spiro atoms. The van der Waals surface area contributed by atoms with Crippen molar-refractivity contribution in [3.63, 3.8) is 0 Å². The van der Waals surface area contributed by atoms with E-state index in [1.165, 1.54) is 4.70 Å². The van der Waals surface area contributed by atoms with Gasteiger partial charge in [0.05, 0.1) is 22.9 Å². The summed E-state index contributed by atoms with van der Waals surface area (Å²) in [6.07, 6.45) is 2.49. The third-order valence-electron chi connectivity index (χ3n) is 2.95. The summed E-state index contributed by atoms with van der Waals surface area (Å²) in [6.45, 7) is 1.58. The molecule has 3 rings (SSSR count). The van der Waals surface area contributed by atoms with E-state index in [9.17, 15) is 0 Å². The Hall–Kier alpha value is -1.17. The smallest absolute Gasteiger partial charge is 0.200 e. The molecule has 0 saturated carbocycles. The maximum absolute atomic E-state index is 6.04. The van der Waals surface area contributed by atoms with Gasteiger partial charge in [-0.25, -0.2) is 10.8 Å². The molecule has 0 amide bonds. The minimum Gasteiger partial charge on any atom is -0.376 e. The van der Waals surface area contributed by atoms with Crippen molar-refractivity contribution in [2.24, 2.45) is 5.84 Å². The predicted octanol–water partition coefficient (Wildman–Crippen LogP) is 2.16. The Labute approximate surface area is 104 Å². The van der Waals surface area contributed by atoms with Gasteiger partial charge in [0.25, 0.3) is 0 Å². The van der Waals surface area contributed by atoms with Crippen LogP contribution in [-0.2, 0) is 4.74 Å². The number of para-hydroxylation sites is 1. The van der Waals surface area contributed by atoms with Gasteiger partial charge in [-0.15, -0.1) is 0 Å². The first-order chi connectivity index (χ1) is 8.33. The lowest BCUT2D eigenvalue weighted by atomic mass is 10.2. The van der Waals surface area contributed by atoms with Crippen LogP contribution in [0.1, 0.15) is 12.8 Å². The Balaban J connectivity index is 1.77. The summed E-state index contributed by atoms with van der Waals surface area (Å²) in [5.41, 5.74) is 1.01. The van der Waals surface area contributed by atoms with Crippen LogP contribution in [0.3, 0.4) is 0 Å². The molecule has 1 unspecified atom stereocenters. The number of hydrogen-bond acceptors (Lipinski definition) is 5. The zero-order valence-corrected chi connectivity index (χ0v) is 10.3. The van der Waals surface area contributed by atoms with E-state index in [4.69, 9.17) is 10.6 Å². The van der Waals surface area contributed by atoms with Crippen molar-refractivity contribution >= 4 is 26.7 Å². The molecule has 1 atom stereocenters. The predicted molar refractivity (Wildman–Crippen MR) is 70.1 cm³/mol. The standard InChI is InChI=1S/C12H15N3OS/c13-15(8-9-4-3-7-16-9)12-14-10-5-1-2-6-11(10)17-12/h1-2,5-6,9H,3-4,7-8,13H2. The first-order valence-corrected chi connectivity index (χ1v) is 6.64. The van der Waals surface area contributed by atoms with Crippen LogP contribution in [0.5, 0.6) is 0 Å². The number of nitrogens with zero attached hydrogens (tertiary/aromatic N) is 2. The SMILES string of the molecule is NN(CC1CCCO1)c1nc2ccccc2s1. The topological polar surface area (TPSA) is 51.4 Å². The average Bonchev–Trinajstić information content (AvgIpc) is 2.96. The summed E-state index contributed by atoms with van der Waals surface area (Å²) in [5, 5.41) is 2.57. The van der Waals surface area contributed by atoms with Crippen molar-refractivity contribution in [3.05, 3.63) is 24.3 Å². The summed E-state index contributed by atoms with van der Waals surface area (Å²) >= 11 is 1.62. The maximum Gasteiger partial charge on any atom is 0.200 e. The average molecular weight is 249 g/mol. The fourth-order valence-electron chi connectivity index (χ4n) is 2.07. The summed E-state index contributed by atoms with van der Waals surface area (Å²) < 4.78 is 6.75. The number of hydrazine groups is 1. The number of fused-ring (bicyclic) bond motifs is 1. The number of rotatable bonds is 3. The highest BCUT2D eigenvalue weighted by molar-refractivity contribution is 7.22. The molecule has 1 aromatic carbocycles. The van der Waals surface area contributed by atoms with Crippen LogP contribution in [0.2, 0.25) is 0 Å². The third-order valence-corrected chi connectivity index (χ3v) is 4.03. The third kappa shape index (κ3) is 2.26. The minimum absolute atomic E-state index is 0.256. The molecular formula is C12H15N3OS. The highest BCUT2D eigenvalue weighted by Gasteiger charge is 2.19. The van der Waals surface area contributed by atoms with Crippen molar-refractivity contribution in [2.45, 2.75) is 18.9 Å². The molecule has 4 nitrogen and oxygen atoms in total. The molecule has 1 aliphatic heterocycles. The summed E-state index contributed by atoms with van der Waals surface area (Å²) in [5.74, 6) is 6.04. The number of ether oxygens (including phenoxy) is 1. The number of nitrogens with two attached hydrogens (primary N) is 1. The molecule has 0 aliphatic carbocycles. The van der Waals surface area contributed by atoms with Crippen LogP contribution >= 0.6 is 11.3 Å². The molecule has 1 fully saturated rings. The van der Waals surface area contributed by atoms with Crippen molar-refractivity contribution in [1.82, 2.24) is 4.98 Å². The zero-order valence-electron chi connectivity index (χ0n) is 9.50. The summed E-state index contributed by atoms with van der Waals surface area (Å²) in [4.78, 5) is 4.52. The lowest BCUT2D eigenvalue weighted by Crippen LogP contribution is -2.37. The molecular weight excluding hydrogens is 234 g/mol. The Morgan fingerprint density at radius 1 is 1.47 bits per heavy atom. The number of aromatic nitrogens is 1. The Morgan fingerprint density at radius 2 is 2.35 bits per heavy atom. The zero-order chi connectivity index (χ0) is 11.7. The van der Waals surface area contributed by atoms with Crippen LogP contribution in [0, 0.1) is 0 Å². The van der Waals surface area contributed by atoms with E-state index in [2.05, 4.69) is 11.1 Å². The van der Waals surface area contributed by atoms with Crippen LogP contribution in [0.25, 0.3) is 10.2 Å². The summed E-state index contributed by atoms with van der Waals surface area (Å²) in [7, 11) is 0. The van der Waals surface area contributed by atoms with Gasteiger partial charge >= 0.3 is 0 Å². The van der Waals surface area contributed by atoms with Crippen molar-refractivity contribution in [3.8, 4) is 0 Å². The first kappa shape index (κ1) is 11.0. The highest BCUT2D eigenvalue weighted by Crippen LogP contribution is 2.27. The fraction of sp³-hybridized carbons (Fsp3) is 0.417. The Kier molecular flexibility index (Phi) is 2.96. The fourth-order valence-corrected chi connectivity index (χ4v) is 2.97. The number of anilines is 1. The van der Waals surface area contributed by atoms with Crippen molar-refractivity contribution < 1.29 is 4.74 Å². The van der Waals surface area contributed by atoms with Crippen LogP contribution in [0.15, 0.2) is 24.3 Å². The molecule has 1 aromatic heterocycles. The minimum atomic E-state index is 0.256. The molecule has 17 heavy (non-hydrogen) atoms. The van der Waals surface area contributed by atoms with E-state index in [1.54, 1.807) is 16.3 Å². The number of hydrogen-bond donors (Lipinski definition) is 1. The molecule has 90 valence electrons. The second-order valence-corrected chi connectivity index (χ2v) is 5.26. The molecule has 1 saturated heterocycles. The van der Waals surface area contributed by atoms with Gasteiger partial charge in [0, 0.05) is 6.61 Å². The van der Waals surface area contributed by atoms with Crippen LogP contribution in [0.4, 0.5) is 5.13 Å². The highest BCUT2D eigenvalue weighted by atomic mass is 32.1. The van der Waals surface area contributed by atoms with Gasteiger partial charge in [0.2, 0.25) is 5.13 Å². The molecule has 1 aliphatic rings. The van der Waals surface area contributed by atoms with E-state index >= 15 is 0 Å². The molecule has 5 heteroatoms. The van der Waals surface area contributed by atoms with Gasteiger partial charge in [-0.2, -0.15) is 0 Å². The normalized spacial score (nSPS) is 19.9. The van der Waals surface area contributed by atoms with Crippen LogP contribution in [-0.4, -0.2) is 24.2 Å². The van der Waals surface area contributed by atoms with Gasteiger partial charge in [-0.1, -0.05) is 23.5 Å². The quantitative estimate of drug-likeness (QED) is 0.669. The van der Waals surface area contributed by atoms with Gasteiger partial charge in [0.15, 0.2) is 0 Å². The van der Waals surface area contributed by atoms with E-state index < -0.39 is 0 Å². The second-order valence-electron chi connectivity index (χ2n) is 4.25. The molecule has 0 bridgehead atoms. The van der Waals surface area contributed by atoms with Gasteiger partial charge < -0.3 is 4.74 Å². The Bertz CT molecular complexity index is 474. The van der Waals surface area contributed by atoms with Crippen LogP contribution < -0.4 is 10.9 Å². The lowest BCUT2D eigenvalue weighted by Gasteiger charge is -2.18. The lowest BCUT2D eigenvalue weighted by molar-refractivity contribution is 0.115. The van der Waals surface area contributed by atoms with Crippen molar-refractivity contribution in [2.75, 3.05) is 18.2 Å². The van der Waals surface area contributed by atoms with Gasteiger partial charge in [-0.05, 0) is 25.0 Å². The summed E-state index contributed by atoms with van der Waals surface area (Å²) in [6, 6.07) is 8.09. The Morgan fingerprint density at radius 3 is 3.12 bits per heavy atom. The van der Waals surface area contributed by atoms with Gasteiger partial charge in [-0.3, -0.25) is 5.01 Å². The van der Waals surface area contributed by atoms with E-state index in [-0.39, 0.29) is 6.10 Å². The molecule has 2 heterocycles. The van der Waals surface area contributed by atoms with E-state index in [0.29, 0.717) is 0 Å². The molecule has 2 N–H and O–H groups in total. The first-order valence-electron chi connectivity index (χ1n) is 5.82. The number of benzene rings is 1. The molecule has 0 radical (unpaired) electrons. The molecule has 2 aromatic rings. The van der Waals surface area contributed by atoms with E-state index in [1.807, 2.05) is 18.2 Å². The van der Waals surface area contributed by atoms with E-state index in [0.717, 1.165) is 36.6 Å². The van der Waals surface area contributed by atoms with Gasteiger partial charge in [0.1, 0.15) is 0 Å². The number of thiazole rings is 1. The monoisotopic (exact) mass is 249 g/mol. The largest absolute Gasteiger partial charge is 0.376 e. The maximum atomic E-state index is 6.04.